The zero-order chi connectivity index (χ0) is 17.2. The van der Waals surface area contributed by atoms with Crippen LogP contribution in [0.5, 0.6) is 5.88 Å². The Kier molecular flexibility index (Phi) is 3.78. The molecule has 2 aromatic carbocycles. The predicted octanol–water partition coefficient (Wildman–Crippen LogP) is 2.77. The van der Waals surface area contributed by atoms with E-state index in [-0.39, 0.29) is 23.2 Å². The molecule has 0 saturated carbocycles. The van der Waals surface area contributed by atoms with Gasteiger partial charge in [0, 0.05) is 5.69 Å². The van der Waals surface area contributed by atoms with Crippen LogP contribution in [-0.2, 0) is 0 Å². The fourth-order valence-electron chi connectivity index (χ4n) is 2.87. The Hall–Kier alpha value is -3.41. The summed E-state index contributed by atoms with van der Waals surface area (Å²) in [5.41, 5.74) is 9.08. The van der Waals surface area contributed by atoms with Gasteiger partial charge in [-0.3, -0.25) is 4.79 Å². The number of fused-ring (bicyclic) bond motifs is 1. The van der Waals surface area contributed by atoms with Gasteiger partial charge in [0.15, 0.2) is 0 Å². The van der Waals surface area contributed by atoms with E-state index in [1.807, 2.05) is 54.6 Å². The molecule has 0 aliphatic carbocycles. The number of carbonyl (C=O) groups excluding carboxylic acids is 1. The van der Waals surface area contributed by atoms with Crippen LogP contribution in [0.3, 0.4) is 0 Å². The highest BCUT2D eigenvalue weighted by Crippen LogP contribution is 2.29. The molecule has 2 N–H and O–H groups in total. The van der Waals surface area contributed by atoms with E-state index < -0.39 is 0 Å². The standard InChI is InChI=1S/C19H16N4O2/c20-17-16-18(22-12-21-17)25-11-10-23(19(16)24)15-8-6-14(7-9-15)13-4-2-1-3-5-13/h1-9,12H,10-11H2,(H2,20,21,22). The van der Waals surface area contributed by atoms with Crippen molar-refractivity contribution < 1.29 is 9.53 Å². The molecular weight excluding hydrogens is 316 g/mol. The number of nitrogens with two attached hydrogens (primary N) is 1. The number of hydrogen-bond donors (Lipinski definition) is 1. The van der Waals surface area contributed by atoms with Crippen LogP contribution in [0.15, 0.2) is 60.9 Å². The van der Waals surface area contributed by atoms with E-state index in [1.54, 1.807) is 4.90 Å². The second-order valence-electron chi connectivity index (χ2n) is 5.66. The van der Waals surface area contributed by atoms with E-state index in [2.05, 4.69) is 9.97 Å². The van der Waals surface area contributed by atoms with E-state index in [0.717, 1.165) is 16.8 Å². The lowest BCUT2D eigenvalue weighted by atomic mass is 10.1. The fourth-order valence-corrected chi connectivity index (χ4v) is 2.87. The van der Waals surface area contributed by atoms with Crippen molar-refractivity contribution in [3.63, 3.8) is 0 Å². The second kappa shape index (κ2) is 6.24. The summed E-state index contributed by atoms with van der Waals surface area (Å²) >= 11 is 0. The van der Waals surface area contributed by atoms with E-state index in [0.29, 0.717) is 13.2 Å². The van der Waals surface area contributed by atoms with Crippen LogP contribution in [0, 0.1) is 0 Å². The maximum absolute atomic E-state index is 12.9. The monoisotopic (exact) mass is 332 g/mol. The smallest absolute Gasteiger partial charge is 0.267 e. The Balaban J connectivity index is 1.68. The lowest BCUT2D eigenvalue weighted by Gasteiger charge is -2.20. The number of benzene rings is 2. The van der Waals surface area contributed by atoms with Crippen LogP contribution in [0.25, 0.3) is 11.1 Å². The lowest BCUT2D eigenvalue weighted by molar-refractivity contribution is 0.0990. The molecule has 0 saturated heterocycles. The molecule has 1 aromatic heterocycles. The third-order valence-electron chi connectivity index (χ3n) is 4.14. The summed E-state index contributed by atoms with van der Waals surface area (Å²) in [6.07, 6.45) is 1.30. The maximum Gasteiger partial charge on any atom is 0.267 e. The van der Waals surface area contributed by atoms with Crippen molar-refractivity contribution in [2.24, 2.45) is 0 Å². The minimum Gasteiger partial charge on any atom is -0.475 e. The van der Waals surface area contributed by atoms with Crippen molar-refractivity contribution in [2.75, 3.05) is 23.8 Å². The Bertz CT molecular complexity index is 910. The fraction of sp³-hybridized carbons (Fsp3) is 0.105. The molecule has 0 radical (unpaired) electrons. The van der Waals surface area contributed by atoms with Crippen molar-refractivity contribution in [1.82, 2.24) is 9.97 Å². The second-order valence-corrected chi connectivity index (χ2v) is 5.66. The maximum atomic E-state index is 12.9. The van der Waals surface area contributed by atoms with Crippen LogP contribution >= 0.6 is 0 Å². The van der Waals surface area contributed by atoms with Crippen molar-refractivity contribution >= 4 is 17.4 Å². The summed E-state index contributed by atoms with van der Waals surface area (Å²) in [4.78, 5) is 22.5. The molecule has 2 heterocycles. The van der Waals surface area contributed by atoms with Crippen LogP contribution in [0.4, 0.5) is 11.5 Å². The average molecular weight is 332 g/mol. The summed E-state index contributed by atoms with van der Waals surface area (Å²) in [6, 6.07) is 17.9. The molecule has 6 heteroatoms. The molecule has 0 bridgehead atoms. The molecule has 6 nitrogen and oxygen atoms in total. The first-order valence-corrected chi connectivity index (χ1v) is 7.94. The number of amides is 1. The first kappa shape index (κ1) is 15.1. The lowest BCUT2D eigenvalue weighted by Crippen LogP contribution is -2.32. The average Bonchev–Trinajstić information content (AvgIpc) is 2.82. The first-order chi connectivity index (χ1) is 12.2. The van der Waals surface area contributed by atoms with Crippen molar-refractivity contribution in [3.8, 4) is 17.0 Å². The quantitative estimate of drug-likeness (QED) is 0.780. The van der Waals surface area contributed by atoms with Crippen molar-refractivity contribution in [3.05, 3.63) is 66.5 Å². The van der Waals surface area contributed by atoms with Gasteiger partial charge in [-0.2, -0.15) is 0 Å². The number of ether oxygens (including phenoxy) is 1. The molecule has 1 aliphatic heterocycles. The SMILES string of the molecule is Nc1ncnc2c1C(=O)N(c1ccc(-c3ccccc3)cc1)CCO2. The third-order valence-corrected chi connectivity index (χ3v) is 4.14. The summed E-state index contributed by atoms with van der Waals surface area (Å²) in [5, 5.41) is 0. The minimum atomic E-state index is -0.252. The van der Waals surface area contributed by atoms with Gasteiger partial charge in [0.25, 0.3) is 5.91 Å². The summed E-state index contributed by atoms with van der Waals surface area (Å²) < 4.78 is 5.55. The topological polar surface area (TPSA) is 81.3 Å². The van der Waals surface area contributed by atoms with Crippen LogP contribution in [0.2, 0.25) is 0 Å². The molecule has 3 aromatic rings. The van der Waals surface area contributed by atoms with Gasteiger partial charge in [0.2, 0.25) is 5.88 Å². The van der Waals surface area contributed by atoms with Gasteiger partial charge in [-0.05, 0) is 23.3 Å². The molecule has 4 rings (SSSR count). The number of nitrogen functional groups attached to an aromatic ring is 1. The Morgan fingerprint density at radius 3 is 2.44 bits per heavy atom. The van der Waals surface area contributed by atoms with Crippen LogP contribution < -0.4 is 15.4 Å². The predicted molar refractivity (Wildman–Crippen MR) is 95.5 cm³/mol. The Morgan fingerprint density at radius 2 is 1.68 bits per heavy atom. The largest absolute Gasteiger partial charge is 0.475 e. The molecular formula is C19H16N4O2. The van der Waals surface area contributed by atoms with E-state index >= 15 is 0 Å². The van der Waals surface area contributed by atoms with E-state index in [9.17, 15) is 4.79 Å². The Morgan fingerprint density at radius 1 is 0.960 bits per heavy atom. The van der Waals surface area contributed by atoms with Gasteiger partial charge < -0.3 is 15.4 Å². The molecule has 0 atom stereocenters. The number of rotatable bonds is 2. The highest BCUT2D eigenvalue weighted by atomic mass is 16.5. The molecule has 0 spiro atoms. The molecule has 0 unspecified atom stereocenters. The van der Waals surface area contributed by atoms with E-state index in [4.69, 9.17) is 10.5 Å². The first-order valence-electron chi connectivity index (χ1n) is 7.94. The van der Waals surface area contributed by atoms with Gasteiger partial charge in [-0.15, -0.1) is 0 Å². The van der Waals surface area contributed by atoms with Gasteiger partial charge in [0.1, 0.15) is 24.3 Å². The van der Waals surface area contributed by atoms with Gasteiger partial charge in [-0.25, -0.2) is 9.97 Å². The number of aromatic nitrogens is 2. The normalized spacial score (nSPS) is 13.8. The number of carbonyl (C=O) groups is 1. The summed E-state index contributed by atoms with van der Waals surface area (Å²) in [5.74, 6) is 0.113. The summed E-state index contributed by atoms with van der Waals surface area (Å²) in [6.45, 7) is 0.759. The van der Waals surface area contributed by atoms with Gasteiger partial charge >= 0.3 is 0 Å². The third kappa shape index (κ3) is 2.78. The number of anilines is 2. The van der Waals surface area contributed by atoms with Crippen LogP contribution in [-0.4, -0.2) is 29.0 Å². The number of hydrogen-bond acceptors (Lipinski definition) is 5. The van der Waals surface area contributed by atoms with Crippen molar-refractivity contribution in [2.45, 2.75) is 0 Å². The van der Waals surface area contributed by atoms with Crippen LogP contribution in [0.1, 0.15) is 10.4 Å². The molecule has 25 heavy (non-hydrogen) atoms. The van der Waals surface area contributed by atoms with Gasteiger partial charge in [0.05, 0.1) is 6.54 Å². The highest BCUT2D eigenvalue weighted by molar-refractivity contribution is 6.10. The molecule has 1 amide bonds. The zero-order valence-corrected chi connectivity index (χ0v) is 13.4. The molecule has 124 valence electrons. The molecule has 0 fully saturated rings. The number of nitrogens with zero attached hydrogens (tertiary/aromatic N) is 3. The Labute approximate surface area is 144 Å². The van der Waals surface area contributed by atoms with E-state index in [1.165, 1.54) is 6.33 Å². The zero-order valence-electron chi connectivity index (χ0n) is 13.4. The minimum absolute atomic E-state index is 0.128. The molecule has 1 aliphatic rings. The van der Waals surface area contributed by atoms with Crippen molar-refractivity contribution in [1.29, 1.82) is 0 Å². The van der Waals surface area contributed by atoms with Gasteiger partial charge in [-0.1, -0.05) is 42.5 Å². The summed E-state index contributed by atoms with van der Waals surface area (Å²) in [7, 11) is 0. The highest BCUT2D eigenvalue weighted by Gasteiger charge is 2.28.